The highest BCUT2D eigenvalue weighted by molar-refractivity contribution is 5.45. The van der Waals surface area contributed by atoms with Gasteiger partial charge in [0.15, 0.2) is 0 Å². The minimum Gasteiger partial charge on any atom is -0.378 e. The molecule has 1 heterocycles. The predicted molar refractivity (Wildman–Crippen MR) is 98.9 cm³/mol. The van der Waals surface area contributed by atoms with Crippen molar-refractivity contribution in [2.45, 2.75) is 25.8 Å². The molecule has 0 aromatic heterocycles. The monoisotopic (exact) mass is 308 g/mol. The zero-order valence-corrected chi connectivity index (χ0v) is 14.4. The normalized spacial score (nSPS) is 16.4. The van der Waals surface area contributed by atoms with E-state index in [2.05, 4.69) is 78.5 Å². The number of hydrogen-bond donors (Lipinski definition) is 0. The molecule has 0 spiro atoms. The first-order valence-electron chi connectivity index (χ1n) is 8.73. The average Bonchev–Trinajstić information content (AvgIpc) is 2.58. The van der Waals surface area contributed by atoms with Crippen LogP contribution in [0.3, 0.4) is 0 Å². The quantitative estimate of drug-likeness (QED) is 0.816. The van der Waals surface area contributed by atoms with Crippen molar-refractivity contribution in [3.05, 3.63) is 65.7 Å². The van der Waals surface area contributed by atoms with E-state index >= 15 is 0 Å². The van der Waals surface area contributed by atoms with Gasteiger partial charge in [-0.3, -0.25) is 4.90 Å². The molecule has 0 atom stereocenters. The van der Waals surface area contributed by atoms with Crippen molar-refractivity contribution in [3.8, 4) is 0 Å². The van der Waals surface area contributed by atoms with Crippen LogP contribution in [0, 0.1) is 5.92 Å². The van der Waals surface area contributed by atoms with E-state index in [4.69, 9.17) is 0 Å². The number of benzene rings is 2. The van der Waals surface area contributed by atoms with Crippen LogP contribution in [-0.4, -0.2) is 32.1 Å². The van der Waals surface area contributed by atoms with E-state index < -0.39 is 0 Å². The Labute approximate surface area is 140 Å². The fourth-order valence-corrected chi connectivity index (χ4v) is 3.45. The SMILES string of the molecule is CN(C)c1ccc(CN2CCC(Cc3ccccc3)CC2)cc1. The molecule has 23 heavy (non-hydrogen) atoms. The number of likely N-dealkylation sites (tertiary alicyclic amines) is 1. The summed E-state index contributed by atoms with van der Waals surface area (Å²) in [6, 6.07) is 19.9. The minimum absolute atomic E-state index is 0.852. The van der Waals surface area contributed by atoms with Crippen LogP contribution < -0.4 is 4.90 Å². The van der Waals surface area contributed by atoms with Crippen molar-refractivity contribution in [2.75, 3.05) is 32.1 Å². The fourth-order valence-electron chi connectivity index (χ4n) is 3.45. The van der Waals surface area contributed by atoms with Crippen molar-refractivity contribution < 1.29 is 0 Å². The molecule has 0 amide bonds. The van der Waals surface area contributed by atoms with E-state index in [9.17, 15) is 0 Å². The molecule has 1 aliphatic rings. The summed E-state index contributed by atoms with van der Waals surface area (Å²) in [5, 5.41) is 0. The van der Waals surface area contributed by atoms with E-state index in [0.29, 0.717) is 0 Å². The topological polar surface area (TPSA) is 6.48 Å². The molecule has 1 saturated heterocycles. The van der Waals surface area contributed by atoms with Crippen LogP contribution in [0.2, 0.25) is 0 Å². The molecule has 3 rings (SSSR count). The molecule has 2 heteroatoms. The number of anilines is 1. The number of hydrogen-bond acceptors (Lipinski definition) is 2. The van der Waals surface area contributed by atoms with Gasteiger partial charge in [0, 0.05) is 26.3 Å². The molecule has 1 aliphatic heterocycles. The lowest BCUT2D eigenvalue weighted by molar-refractivity contribution is 0.177. The van der Waals surface area contributed by atoms with Gasteiger partial charge < -0.3 is 4.90 Å². The molecule has 2 nitrogen and oxygen atoms in total. The first-order valence-corrected chi connectivity index (χ1v) is 8.73. The van der Waals surface area contributed by atoms with Gasteiger partial charge in [0.25, 0.3) is 0 Å². The Kier molecular flexibility index (Phi) is 5.35. The maximum absolute atomic E-state index is 2.60. The van der Waals surface area contributed by atoms with Gasteiger partial charge in [0.05, 0.1) is 0 Å². The summed E-state index contributed by atoms with van der Waals surface area (Å²) < 4.78 is 0. The fraction of sp³-hybridized carbons (Fsp3) is 0.429. The molecule has 0 bridgehead atoms. The Morgan fingerprint density at radius 2 is 1.52 bits per heavy atom. The Morgan fingerprint density at radius 1 is 0.870 bits per heavy atom. The molecule has 2 aromatic carbocycles. The lowest BCUT2D eigenvalue weighted by atomic mass is 9.90. The first kappa shape index (κ1) is 16.1. The highest BCUT2D eigenvalue weighted by Crippen LogP contribution is 2.23. The van der Waals surface area contributed by atoms with E-state index in [1.165, 1.54) is 49.2 Å². The highest BCUT2D eigenvalue weighted by Gasteiger charge is 2.19. The van der Waals surface area contributed by atoms with Crippen LogP contribution >= 0.6 is 0 Å². The smallest absolute Gasteiger partial charge is 0.0361 e. The molecule has 0 radical (unpaired) electrons. The Hall–Kier alpha value is -1.80. The van der Waals surface area contributed by atoms with Crippen molar-refractivity contribution in [1.29, 1.82) is 0 Å². The zero-order valence-electron chi connectivity index (χ0n) is 14.4. The first-order chi connectivity index (χ1) is 11.2. The Bertz CT molecular complexity index is 581. The molecule has 0 aliphatic carbocycles. The zero-order chi connectivity index (χ0) is 16.1. The molecule has 0 unspecified atom stereocenters. The Morgan fingerprint density at radius 3 is 2.13 bits per heavy atom. The van der Waals surface area contributed by atoms with Crippen molar-refractivity contribution in [3.63, 3.8) is 0 Å². The third-order valence-corrected chi connectivity index (χ3v) is 4.93. The predicted octanol–water partition coefficient (Wildman–Crippen LogP) is 4.21. The third-order valence-electron chi connectivity index (χ3n) is 4.93. The van der Waals surface area contributed by atoms with Gasteiger partial charge in [-0.05, 0) is 61.5 Å². The number of rotatable bonds is 5. The van der Waals surface area contributed by atoms with Crippen LogP contribution in [0.15, 0.2) is 54.6 Å². The van der Waals surface area contributed by atoms with Gasteiger partial charge in [-0.1, -0.05) is 42.5 Å². The third kappa shape index (κ3) is 4.59. The summed E-state index contributed by atoms with van der Waals surface area (Å²) >= 11 is 0. The Balaban J connectivity index is 1.47. The van der Waals surface area contributed by atoms with E-state index in [1.54, 1.807) is 0 Å². The van der Waals surface area contributed by atoms with Crippen molar-refractivity contribution in [1.82, 2.24) is 4.90 Å². The van der Waals surface area contributed by atoms with E-state index in [1.807, 2.05) is 0 Å². The number of piperidine rings is 1. The second kappa shape index (κ2) is 7.65. The molecular formula is C21H28N2. The molecule has 0 saturated carbocycles. The molecule has 1 fully saturated rings. The van der Waals surface area contributed by atoms with Gasteiger partial charge in [-0.25, -0.2) is 0 Å². The summed E-state index contributed by atoms with van der Waals surface area (Å²) in [5.41, 5.74) is 4.19. The van der Waals surface area contributed by atoms with E-state index in [0.717, 1.165) is 12.5 Å². The largest absolute Gasteiger partial charge is 0.378 e. The molecule has 2 aromatic rings. The van der Waals surface area contributed by atoms with Crippen LogP contribution in [0.25, 0.3) is 0 Å². The summed E-state index contributed by atoms with van der Waals surface area (Å²) in [4.78, 5) is 4.75. The van der Waals surface area contributed by atoms with Crippen LogP contribution in [-0.2, 0) is 13.0 Å². The summed E-state index contributed by atoms with van der Waals surface area (Å²) in [5.74, 6) is 0.852. The maximum atomic E-state index is 2.60. The van der Waals surface area contributed by atoms with Crippen LogP contribution in [0.1, 0.15) is 24.0 Å². The van der Waals surface area contributed by atoms with Crippen molar-refractivity contribution >= 4 is 5.69 Å². The molecule has 122 valence electrons. The maximum Gasteiger partial charge on any atom is 0.0361 e. The summed E-state index contributed by atoms with van der Waals surface area (Å²) in [7, 11) is 4.18. The lowest BCUT2D eigenvalue weighted by Crippen LogP contribution is -2.33. The second-order valence-corrected chi connectivity index (χ2v) is 6.97. The van der Waals surface area contributed by atoms with Crippen LogP contribution in [0.4, 0.5) is 5.69 Å². The second-order valence-electron chi connectivity index (χ2n) is 6.97. The van der Waals surface area contributed by atoms with Gasteiger partial charge in [-0.2, -0.15) is 0 Å². The molecule has 0 N–H and O–H groups in total. The highest BCUT2D eigenvalue weighted by atomic mass is 15.1. The summed E-state index contributed by atoms with van der Waals surface area (Å²) in [6.45, 7) is 3.55. The molecular weight excluding hydrogens is 280 g/mol. The van der Waals surface area contributed by atoms with E-state index in [-0.39, 0.29) is 0 Å². The van der Waals surface area contributed by atoms with Gasteiger partial charge in [-0.15, -0.1) is 0 Å². The van der Waals surface area contributed by atoms with Gasteiger partial charge in [0.1, 0.15) is 0 Å². The van der Waals surface area contributed by atoms with Crippen molar-refractivity contribution in [2.24, 2.45) is 5.92 Å². The van der Waals surface area contributed by atoms with Crippen LogP contribution in [0.5, 0.6) is 0 Å². The van der Waals surface area contributed by atoms with Gasteiger partial charge in [0.2, 0.25) is 0 Å². The average molecular weight is 308 g/mol. The lowest BCUT2D eigenvalue weighted by Gasteiger charge is -2.32. The van der Waals surface area contributed by atoms with Gasteiger partial charge >= 0.3 is 0 Å². The standard InChI is InChI=1S/C21H28N2/c1-22(2)21-10-8-20(9-11-21)17-23-14-12-19(13-15-23)16-18-6-4-3-5-7-18/h3-11,19H,12-17H2,1-2H3. The summed E-state index contributed by atoms with van der Waals surface area (Å²) in [6.07, 6.45) is 3.89. The number of nitrogens with zero attached hydrogens (tertiary/aromatic N) is 2. The minimum atomic E-state index is 0.852.